The predicted octanol–water partition coefficient (Wildman–Crippen LogP) is -1.13. The number of allylic oxidation sites excluding steroid dienone is 2. The fourth-order valence-corrected chi connectivity index (χ4v) is 7.79. The van der Waals surface area contributed by atoms with Crippen LogP contribution in [-0.2, 0) is 23.9 Å². The maximum absolute atomic E-state index is 13.4. The van der Waals surface area contributed by atoms with Gasteiger partial charge in [0.2, 0.25) is 0 Å². The number of carbonyl (C=O) groups excluding carboxylic acids is 3. The topological polar surface area (TPSA) is 116 Å². The van der Waals surface area contributed by atoms with Crippen LogP contribution >= 0.6 is 0 Å². The molecule has 0 aromatic rings. The van der Waals surface area contributed by atoms with Gasteiger partial charge in [-0.1, -0.05) is 31.6 Å². The van der Waals surface area contributed by atoms with E-state index in [1.54, 1.807) is 12.2 Å². The maximum Gasteiger partial charge on any atom is 1.00 e. The van der Waals surface area contributed by atoms with E-state index in [-0.39, 0.29) is 105 Å². The normalized spacial score (nSPS) is 45.8. The van der Waals surface area contributed by atoms with Crippen LogP contribution in [0.4, 0.5) is 0 Å². The van der Waals surface area contributed by atoms with Gasteiger partial charge in [-0.25, -0.2) is 0 Å². The average molecular weight is 497 g/mol. The van der Waals surface area contributed by atoms with E-state index in [0.29, 0.717) is 25.7 Å². The van der Waals surface area contributed by atoms with Crippen molar-refractivity contribution in [2.24, 2.45) is 28.6 Å². The molecule has 0 aromatic carbocycles. The van der Waals surface area contributed by atoms with Crippen molar-refractivity contribution in [3.05, 3.63) is 23.8 Å². The Balaban J connectivity index is 0.00000274. The van der Waals surface area contributed by atoms with Crippen molar-refractivity contribution < 1.29 is 85.5 Å². The fourth-order valence-electron chi connectivity index (χ4n) is 7.79. The number of carboxylic acid groups (broad SMARTS) is 1. The summed E-state index contributed by atoms with van der Waals surface area (Å²) in [4.78, 5) is 36.9. The first-order valence-corrected chi connectivity index (χ1v) is 12.1. The molecular formula is C26H33KO7. The molecule has 8 atom stereocenters. The van der Waals surface area contributed by atoms with E-state index in [9.17, 15) is 24.6 Å². The van der Waals surface area contributed by atoms with Crippen LogP contribution in [0.2, 0.25) is 0 Å². The van der Waals surface area contributed by atoms with Crippen molar-refractivity contribution in [1.82, 2.24) is 0 Å². The van der Waals surface area contributed by atoms with Gasteiger partial charge in [-0.2, -0.15) is 0 Å². The Bertz CT molecular complexity index is 988. The standard InChI is InChI=1S/C26H34O7.K/c1-14(2)32-22(30)17-12-15-11-16(27)5-8-23(15,3)26-19(33-26)13-24(4)18(21(17)26)6-9-25(24,31)10-7-20(28)29;/h6,9,11,14,17-19,21,31H,5,7-8,10,12-13H2,1-4H3,(H,28,29);/q;+1/p-1/t17-,18?,19-,21?,23+,24+,25-,26-;/m1./s1. The summed E-state index contributed by atoms with van der Waals surface area (Å²) in [7, 11) is 0. The van der Waals surface area contributed by atoms with Crippen molar-refractivity contribution in [3.8, 4) is 0 Å². The molecule has 0 bridgehead atoms. The summed E-state index contributed by atoms with van der Waals surface area (Å²) >= 11 is 0. The molecule has 1 saturated heterocycles. The van der Waals surface area contributed by atoms with Gasteiger partial charge in [-0.3, -0.25) is 9.59 Å². The molecule has 180 valence electrons. The van der Waals surface area contributed by atoms with Gasteiger partial charge in [0.25, 0.3) is 0 Å². The van der Waals surface area contributed by atoms with Crippen LogP contribution in [0.15, 0.2) is 23.8 Å². The number of ether oxygens (including phenoxy) is 2. The number of carboxylic acids is 1. The van der Waals surface area contributed by atoms with E-state index in [0.717, 1.165) is 5.57 Å². The second kappa shape index (κ2) is 8.60. The zero-order chi connectivity index (χ0) is 24.0. The number of carbonyl (C=O) groups is 3. The number of fused-ring (bicyclic) bond motifs is 3. The molecule has 1 aliphatic heterocycles. The Morgan fingerprint density at radius 1 is 1.32 bits per heavy atom. The molecule has 2 saturated carbocycles. The van der Waals surface area contributed by atoms with Crippen LogP contribution in [0.5, 0.6) is 0 Å². The summed E-state index contributed by atoms with van der Waals surface area (Å²) in [5, 5.41) is 22.8. The Hall–Kier alpha value is -0.354. The Labute approximate surface area is 243 Å². The third-order valence-corrected chi connectivity index (χ3v) is 9.57. The zero-order valence-corrected chi connectivity index (χ0v) is 23.9. The molecule has 1 N–H and O–H groups in total. The van der Waals surface area contributed by atoms with E-state index < -0.39 is 28.5 Å². The quantitative estimate of drug-likeness (QED) is 0.222. The third kappa shape index (κ3) is 3.54. The van der Waals surface area contributed by atoms with Crippen LogP contribution in [0.25, 0.3) is 0 Å². The van der Waals surface area contributed by atoms with E-state index in [2.05, 4.69) is 6.92 Å². The van der Waals surface area contributed by atoms with Gasteiger partial charge in [-0.05, 0) is 57.9 Å². The number of ketones is 1. The van der Waals surface area contributed by atoms with Gasteiger partial charge in [0.15, 0.2) is 5.78 Å². The van der Waals surface area contributed by atoms with E-state index >= 15 is 0 Å². The van der Waals surface area contributed by atoms with Crippen LogP contribution < -0.4 is 56.5 Å². The van der Waals surface area contributed by atoms with E-state index in [1.807, 2.05) is 26.8 Å². The van der Waals surface area contributed by atoms with Gasteiger partial charge in [0.1, 0.15) is 5.60 Å². The molecule has 0 amide bonds. The molecular weight excluding hydrogens is 463 g/mol. The summed E-state index contributed by atoms with van der Waals surface area (Å²) in [6.07, 6.45) is 6.95. The first-order chi connectivity index (χ1) is 15.4. The molecule has 7 nitrogen and oxygen atoms in total. The molecule has 5 rings (SSSR count). The average Bonchev–Trinajstić information content (AvgIpc) is 3.38. The minimum atomic E-state index is -1.32. The Kier molecular flexibility index (Phi) is 6.76. The summed E-state index contributed by atoms with van der Waals surface area (Å²) in [6.45, 7) is 7.78. The van der Waals surface area contributed by atoms with Gasteiger partial charge in [-0.15, -0.1) is 0 Å². The molecule has 1 heterocycles. The second-order valence-corrected chi connectivity index (χ2v) is 11.5. The first kappa shape index (κ1) is 26.7. The fraction of sp³-hybridized carbons (Fsp3) is 0.731. The molecule has 8 heteroatoms. The van der Waals surface area contributed by atoms with Crippen molar-refractivity contribution in [1.29, 1.82) is 0 Å². The van der Waals surface area contributed by atoms with Crippen LogP contribution in [0, 0.1) is 28.6 Å². The van der Waals surface area contributed by atoms with Crippen LogP contribution in [-0.4, -0.2) is 46.2 Å². The first-order valence-electron chi connectivity index (χ1n) is 12.1. The number of epoxide rings is 1. The molecule has 2 unspecified atom stereocenters. The number of rotatable bonds is 5. The van der Waals surface area contributed by atoms with Gasteiger partial charge >= 0.3 is 57.4 Å². The van der Waals surface area contributed by atoms with Crippen molar-refractivity contribution in [3.63, 3.8) is 0 Å². The molecule has 3 fully saturated rings. The van der Waals surface area contributed by atoms with Crippen molar-refractivity contribution in [2.45, 2.75) is 89.6 Å². The number of hydrogen-bond donors (Lipinski definition) is 1. The Morgan fingerprint density at radius 2 is 2.03 bits per heavy atom. The Morgan fingerprint density at radius 3 is 2.68 bits per heavy atom. The maximum atomic E-state index is 13.4. The van der Waals surface area contributed by atoms with Crippen molar-refractivity contribution >= 4 is 17.7 Å². The second-order valence-electron chi connectivity index (χ2n) is 11.5. The molecule has 4 aliphatic carbocycles. The molecule has 1 spiro atoms. The summed E-state index contributed by atoms with van der Waals surface area (Å²) in [6, 6.07) is 0. The molecule has 5 aliphatic rings. The number of hydrogen-bond acceptors (Lipinski definition) is 7. The summed E-state index contributed by atoms with van der Waals surface area (Å²) < 4.78 is 12.2. The third-order valence-electron chi connectivity index (χ3n) is 9.57. The zero-order valence-electron chi connectivity index (χ0n) is 20.8. The van der Waals surface area contributed by atoms with Gasteiger partial charge < -0.3 is 24.5 Å². The number of aliphatic carboxylic acids is 1. The summed E-state index contributed by atoms with van der Waals surface area (Å²) in [5.74, 6) is -2.31. The summed E-state index contributed by atoms with van der Waals surface area (Å²) in [5.41, 5.74) is -1.96. The largest absolute Gasteiger partial charge is 1.00 e. The minimum absolute atomic E-state index is 0. The van der Waals surface area contributed by atoms with Crippen LogP contribution in [0.1, 0.15) is 66.2 Å². The van der Waals surface area contributed by atoms with Crippen LogP contribution in [0.3, 0.4) is 0 Å². The predicted molar refractivity (Wildman–Crippen MR) is 115 cm³/mol. The van der Waals surface area contributed by atoms with E-state index in [4.69, 9.17) is 9.47 Å². The molecule has 34 heavy (non-hydrogen) atoms. The smallest absolute Gasteiger partial charge is 0.550 e. The minimum Gasteiger partial charge on any atom is -0.550 e. The van der Waals surface area contributed by atoms with Gasteiger partial charge in [0.05, 0.1) is 23.7 Å². The number of aliphatic hydroxyl groups is 1. The SMILES string of the molecule is CC(C)OC(=O)[C@@H]1CC2=CC(=O)CC[C@]2(C)[C@@]23O[C@@H]2C[C@@]2(C)C(C=C[C@@]2(O)CCC(=O)[O-])C13.[K+]. The van der Waals surface area contributed by atoms with E-state index in [1.165, 1.54) is 0 Å². The molecule has 0 aromatic heterocycles. The number of esters is 1. The molecule has 0 radical (unpaired) electrons. The monoisotopic (exact) mass is 496 g/mol. The van der Waals surface area contributed by atoms with Gasteiger partial charge in [0, 0.05) is 29.1 Å². The van der Waals surface area contributed by atoms with Crippen molar-refractivity contribution in [2.75, 3.05) is 0 Å².